The molecule has 2 rings (SSSR count). The minimum absolute atomic E-state index is 0.0690. The molecule has 0 unspecified atom stereocenters. The Bertz CT molecular complexity index is 918. The Balaban J connectivity index is 2.57. The summed E-state index contributed by atoms with van der Waals surface area (Å²) in [5, 5.41) is 0. The normalized spacial score (nSPS) is 12.1. The van der Waals surface area contributed by atoms with Gasteiger partial charge < -0.3 is 4.74 Å². The van der Waals surface area contributed by atoms with Gasteiger partial charge in [-0.05, 0) is 30.3 Å². The Hall–Kier alpha value is -1.93. The van der Waals surface area contributed by atoms with Crippen LogP contribution >= 0.6 is 0 Å². The fourth-order valence-corrected chi connectivity index (χ4v) is 3.29. The molecule has 0 amide bonds. The molecule has 0 N–H and O–H groups in total. The highest BCUT2D eigenvalue weighted by Crippen LogP contribution is 2.31. The maximum absolute atomic E-state index is 13.1. The lowest BCUT2D eigenvalue weighted by atomic mass is 10.3. The van der Waals surface area contributed by atoms with Gasteiger partial charge in [-0.25, -0.2) is 21.2 Å². The van der Waals surface area contributed by atoms with Crippen LogP contribution < -0.4 is 4.74 Å². The molecule has 0 saturated heterocycles. The molecule has 22 heavy (non-hydrogen) atoms. The first-order chi connectivity index (χ1) is 10.1. The molecule has 0 fully saturated rings. The predicted octanol–water partition coefficient (Wildman–Crippen LogP) is 2.43. The van der Waals surface area contributed by atoms with Crippen LogP contribution in [0.15, 0.2) is 52.3 Å². The lowest BCUT2D eigenvalue weighted by Gasteiger charge is -2.11. The molecule has 0 spiro atoms. The Morgan fingerprint density at radius 3 is 2.14 bits per heavy atom. The van der Waals surface area contributed by atoms with Crippen LogP contribution in [0.1, 0.15) is 0 Å². The topological polar surface area (TPSA) is 77.5 Å². The molecule has 5 nitrogen and oxygen atoms in total. The zero-order chi connectivity index (χ0) is 16.5. The summed E-state index contributed by atoms with van der Waals surface area (Å²) in [6.07, 6.45) is 1.91. The fraction of sp³-hybridized carbons (Fsp3) is 0.143. The van der Waals surface area contributed by atoms with Gasteiger partial charge in [-0.3, -0.25) is 0 Å². The van der Waals surface area contributed by atoms with E-state index in [0.717, 1.165) is 24.6 Å². The van der Waals surface area contributed by atoms with Gasteiger partial charge in [0.25, 0.3) is 0 Å². The summed E-state index contributed by atoms with van der Waals surface area (Å²) in [4.78, 5) is -0.417. The highest BCUT2D eigenvalue weighted by atomic mass is 32.2. The van der Waals surface area contributed by atoms with Crippen LogP contribution in [-0.4, -0.2) is 29.3 Å². The summed E-state index contributed by atoms with van der Waals surface area (Å²) in [6.45, 7) is 0. The zero-order valence-corrected chi connectivity index (χ0v) is 13.4. The number of hydrogen-bond acceptors (Lipinski definition) is 5. The molecule has 0 radical (unpaired) electrons. The third-order valence-corrected chi connectivity index (χ3v) is 4.99. The Kier molecular flexibility index (Phi) is 4.25. The number of benzene rings is 2. The van der Waals surface area contributed by atoms with Crippen molar-refractivity contribution in [1.29, 1.82) is 0 Å². The molecule has 8 heteroatoms. The Morgan fingerprint density at radius 2 is 1.59 bits per heavy atom. The summed E-state index contributed by atoms with van der Waals surface area (Å²) in [5.74, 6) is -0.497. The van der Waals surface area contributed by atoms with E-state index in [1.54, 1.807) is 0 Å². The lowest BCUT2D eigenvalue weighted by Crippen LogP contribution is -2.04. The second-order valence-corrected chi connectivity index (χ2v) is 8.71. The van der Waals surface area contributed by atoms with E-state index in [1.807, 2.05) is 0 Å². The van der Waals surface area contributed by atoms with Crippen LogP contribution in [0.3, 0.4) is 0 Å². The van der Waals surface area contributed by atoms with E-state index in [9.17, 15) is 21.2 Å². The molecule has 0 atom stereocenters. The molecule has 0 saturated carbocycles. The van der Waals surface area contributed by atoms with Crippen molar-refractivity contribution >= 4 is 19.7 Å². The van der Waals surface area contributed by atoms with Crippen molar-refractivity contribution in [2.75, 3.05) is 12.5 Å². The molecule has 2 aromatic rings. The molecule has 0 aromatic heterocycles. The summed E-state index contributed by atoms with van der Waals surface area (Å²) < 4.78 is 65.3. The van der Waals surface area contributed by atoms with Crippen molar-refractivity contribution in [2.45, 2.75) is 9.79 Å². The van der Waals surface area contributed by atoms with E-state index in [-0.39, 0.29) is 21.3 Å². The first-order valence-electron chi connectivity index (χ1n) is 6.05. The number of halogens is 1. The third-order valence-electron chi connectivity index (χ3n) is 2.77. The predicted molar refractivity (Wildman–Crippen MR) is 79.1 cm³/mol. The first kappa shape index (κ1) is 16.4. The van der Waals surface area contributed by atoms with E-state index >= 15 is 0 Å². The van der Waals surface area contributed by atoms with Crippen molar-refractivity contribution in [3.8, 4) is 11.5 Å². The zero-order valence-electron chi connectivity index (χ0n) is 11.8. The number of rotatable bonds is 4. The van der Waals surface area contributed by atoms with Gasteiger partial charge in [-0.1, -0.05) is 6.07 Å². The van der Waals surface area contributed by atoms with Crippen LogP contribution in [0, 0.1) is 5.82 Å². The average molecular weight is 344 g/mol. The van der Waals surface area contributed by atoms with Gasteiger partial charge >= 0.3 is 0 Å². The number of sulfone groups is 2. The monoisotopic (exact) mass is 344 g/mol. The summed E-state index contributed by atoms with van der Waals surface area (Å²) in [7, 11) is -7.29. The SMILES string of the molecule is CS(=O)(=O)c1ccc(Oc2cccc(F)c2)c(S(C)(=O)=O)c1. The van der Waals surface area contributed by atoms with Gasteiger partial charge in [0, 0.05) is 18.6 Å². The fourth-order valence-electron chi connectivity index (χ4n) is 1.75. The van der Waals surface area contributed by atoms with Crippen LogP contribution in [0.2, 0.25) is 0 Å². The van der Waals surface area contributed by atoms with E-state index in [0.29, 0.717) is 0 Å². The second-order valence-electron chi connectivity index (χ2n) is 4.71. The maximum atomic E-state index is 13.1. The lowest BCUT2D eigenvalue weighted by molar-refractivity contribution is 0.462. The smallest absolute Gasteiger partial charge is 0.179 e. The maximum Gasteiger partial charge on any atom is 0.179 e. The van der Waals surface area contributed by atoms with Crippen molar-refractivity contribution in [3.63, 3.8) is 0 Å². The van der Waals surface area contributed by atoms with E-state index in [1.165, 1.54) is 30.3 Å². The molecule has 0 bridgehead atoms. The van der Waals surface area contributed by atoms with Crippen molar-refractivity contribution < 1.29 is 26.0 Å². The Labute approximate surface area is 128 Å². The molecule has 118 valence electrons. The molecule has 0 aliphatic rings. The van der Waals surface area contributed by atoms with Crippen LogP contribution in [0.25, 0.3) is 0 Å². The highest BCUT2D eigenvalue weighted by molar-refractivity contribution is 7.91. The van der Waals surface area contributed by atoms with Crippen LogP contribution in [0.5, 0.6) is 11.5 Å². The standard InChI is InChI=1S/C14H13FO5S2/c1-21(16,17)12-6-7-13(14(9-12)22(2,18)19)20-11-5-3-4-10(15)8-11/h3-9H,1-2H3. The summed E-state index contributed by atoms with van der Waals surface area (Å²) in [5.41, 5.74) is 0. The van der Waals surface area contributed by atoms with Crippen molar-refractivity contribution in [1.82, 2.24) is 0 Å². The van der Waals surface area contributed by atoms with Gasteiger partial charge in [0.05, 0.1) is 4.90 Å². The van der Waals surface area contributed by atoms with E-state index < -0.39 is 25.5 Å². The van der Waals surface area contributed by atoms with Gasteiger partial charge in [-0.2, -0.15) is 0 Å². The highest BCUT2D eigenvalue weighted by Gasteiger charge is 2.19. The van der Waals surface area contributed by atoms with Gasteiger partial charge in [0.2, 0.25) is 0 Å². The quantitative estimate of drug-likeness (QED) is 0.851. The van der Waals surface area contributed by atoms with Gasteiger partial charge in [0.15, 0.2) is 19.7 Å². The number of hydrogen-bond donors (Lipinski definition) is 0. The molecule has 0 heterocycles. The van der Waals surface area contributed by atoms with Crippen molar-refractivity contribution in [2.24, 2.45) is 0 Å². The van der Waals surface area contributed by atoms with Crippen LogP contribution in [0.4, 0.5) is 4.39 Å². The second kappa shape index (κ2) is 5.69. The molecule has 0 aliphatic heterocycles. The van der Waals surface area contributed by atoms with Crippen molar-refractivity contribution in [3.05, 3.63) is 48.3 Å². The molecular weight excluding hydrogens is 331 g/mol. The largest absolute Gasteiger partial charge is 0.456 e. The van der Waals surface area contributed by atoms with E-state index in [4.69, 9.17) is 4.74 Å². The van der Waals surface area contributed by atoms with Crippen LogP contribution in [-0.2, 0) is 19.7 Å². The molecular formula is C14H13FO5S2. The third kappa shape index (κ3) is 3.83. The van der Waals surface area contributed by atoms with E-state index in [2.05, 4.69) is 0 Å². The minimum atomic E-state index is -3.73. The molecule has 2 aromatic carbocycles. The van der Waals surface area contributed by atoms with Gasteiger partial charge in [0.1, 0.15) is 22.2 Å². The average Bonchev–Trinajstić information content (AvgIpc) is 2.36. The Morgan fingerprint density at radius 1 is 0.909 bits per heavy atom. The number of ether oxygens (including phenoxy) is 1. The summed E-state index contributed by atoms with van der Waals surface area (Å²) >= 11 is 0. The molecule has 0 aliphatic carbocycles. The first-order valence-corrected chi connectivity index (χ1v) is 9.83. The van der Waals surface area contributed by atoms with Gasteiger partial charge in [-0.15, -0.1) is 0 Å². The minimum Gasteiger partial charge on any atom is -0.456 e. The summed E-state index contributed by atoms with van der Waals surface area (Å²) in [6, 6.07) is 8.68.